The topological polar surface area (TPSA) is 38.5 Å². The second kappa shape index (κ2) is 9.77. The minimum Gasteiger partial charge on any atom is -0.399 e. The number of nitrogens with zero attached hydrogens (tertiary/aromatic N) is 1. The molecular weight excluding hydrogens is 224 g/mol. The molecule has 0 unspecified atom stereocenters. The third-order valence-electron chi connectivity index (χ3n) is 2.57. The van der Waals surface area contributed by atoms with Crippen LogP contribution in [0.2, 0.25) is 0 Å². The van der Waals surface area contributed by atoms with E-state index in [1.165, 1.54) is 11.3 Å². The van der Waals surface area contributed by atoms with Crippen LogP contribution in [0, 0.1) is 6.92 Å². The van der Waals surface area contributed by atoms with Gasteiger partial charge in [-0.2, -0.15) is 0 Å². The van der Waals surface area contributed by atoms with Crippen molar-refractivity contribution in [2.75, 3.05) is 36.9 Å². The molecule has 104 valence electrons. The molecule has 1 heterocycles. The molecule has 0 amide bonds. The number of rotatable bonds is 1. The Hall–Kier alpha value is -1.22. The van der Waals surface area contributed by atoms with Crippen LogP contribution in [0.3, 0.4) is 0 Å². The van der Waals surface area contributed by atoms with Crippen LogP contribution in [-0.2, 0) is 4.74 Å². The lowest BCUT2D eigenvalue weighted by Gasteiger charge is -2.30. The molecular formula is C15H28N2O. The highest BCUT2D eigenvalue weighted by Crippen LogP contribution is 2.22. The molecule has 1 fully saturated rings. The molecule has 1 saturated heterocycles. The molecule has 0 saturated carbocycles. The Labute approximate surface area is 112 Å². The van der Waals surface area contributed by atoms with Crippen LogP contribution in [0.25, 0.3) is 0 Å². The van der Waals surface area contributed by atoms with Gasteiger partial charge in [-0.25, -0.2) is 0 Å². The summed E-state index contributed by atoms with van der Waals surface area (Å²) in [4.78, 5) is 2.35. The Morgan fingerprint density at radius 2 is 1.61 bits per heavy atom. The van der Waals surface area contributed by atoms with E-state index in [4.69, 9.17) is 10.5 Å². The van der Waals surface area contributed by atoms with Crippen molar-refractivity contribution in [3.8, 4) is 0 Å². The number of anilines is 2. The Kier molecular flexibility index (Phi) is 9.11. The van der Waals surface area contributed by atoms with Gasteiger partial charge in [-0.1, -0.05) is 27.7 Å². The number of hydrogen-bond acceptors (Lipinski definition) is 3. The van der Waals surface area contributed by atoms with Gasteiger partial charge in [0.15, 0.2) is 0 Å². The zero-order valence-corrected chi connectivity index (χ0v) is 12.5. The van der Waals surface area contributed by atoms with Crippen molar-refractivity contribution in [2.24, 2.45) is 0 Å². The normalized spacial score (nSPS) is 13.9. The molecule has 0 radical (unpaired) electrons. The standard InChI is InChI=1S/C11H16N2O.2C2H6/c1-9-8-10(12)2-3-11(9)13-4-6-14-7-5-13;2*1-2/h2-3,8H,4-7,12H2,1H3;2*1-2H3. The molecule has 2 N–H and O–H groups in total. The van der Waals surface area contributed by atoms with Crippen LogP contribution in [0.4, 0.5) is 11.4 Å². The highest BCUT2D eigenvalue weighted by atomic mass is 16.5. The fraction of sp³-hybridized carbons (Fsp3) is 0.600. The van der Waals surface area contributed by atoms with E-state index in [2.05, 4.69) is 17.9 Å². The van der Waals surface area contributed by atoms with Gasteiger partial charge in [0.1, 0.15) is 0 Å². The van der Waals surface area contributed by atoms with Gasteiger partial charge >= 0.3 is 0 Å². The molecule has 18 heavy (non-hydrogen) atoms. The maximum atomic E-state index is 5.71. The number of nitrogens with two attached hydrogens (primary N) is 1. The van der Waals surface area contributed by atoms with Crippen molar-refractivity contribution in [3.05, 3.63) is 23.8 Å². The fourth-order valence-electron chi connectivity index (χ4n) is 1.84. The smallest absolute Gasteiger partial charge is 0.0642 e. The van der Waals surface area contributed by atoms with Gasteiger partial charge in [-0.05, 0) is 30.7 Å². The summed E-state index contributed by atoms with van der Waals surface area (Å²) in [5, 5.41) is 0. The molecule has 0 spiro atoms. The average molecular weight is 252 g/mol. The summed E-state index contributed by atoms with van der Waals surface area (Å²) < 4.78 is 5.32. The van der Waals surface area contributed by atoms with Crippen LogP contribution in [-0.4, -0.2) is 26.3 Å². The van der Waals surface area contributed by atoms with E-state index in [1.54, 1.807) is 0 Å². The second-order valence-electron chi connectivity index (χ2n) is 3.65. The number of nitrogen functional groups attached to an aromatic ring is 1. The highest BCUT2D eigenvalue weighted by molar-refractivity contribution is 5.59. The number of ether oxygens (including phenoxy) is 1. The van der Waals surface area contributed by atoms with E-state index in [1.807, 2.05) is 39.8 Å². The van der Waals surface area contributed by atoms with Gasteiger partial charge < -0.3 is 15.4 Å². The van der Waals surface area contributed by atoms with E-state index in [9.17, 15) is 0 Å². The van der Waals surface area contributed by atoms with E-state index in [0.717, 1.165) is 32.0 Å². The molecule has 3 nitrogen and oxygen atoms in total. The van der Waals surface area contributed by atoms with Crippen LogP contribution in [0.1, 0.15) is 33.3 Å². The molecule has 3 heteroatoms. The second-order valence-corrected chi connectivity index (χ2v) is 3.65. The maximum Gasteiger partial charge on any atom is 0.0642 e. The van der Waals surface area contributed by atoms with E-state index < -0.39 is 0 Å². The van der Waals surface area contributed by atoms with Crippen molar-refractivity contribution in [3.63, 3.8) is 0 Å². The van der Waals surface area contributed by atoms with E-state index >= 15 is 0 Å². The SMILES string of the molecule is CC.CC.Cc1cc(N)ccc1N1CCOCC1. The zero-order chi connectivity index (χ0) is 14.0. The summed E-state index contributed by atoms with van der Waals surface area (Å²) in [7, 11) is 0. The summed E-state index contributed by atoms with van der Waals surface area (Å²) >= 11 is 0. The quantitative estimate of drug-likeness (QED) is 0.778. The van der Waals surface area contributed by atoms with Crippen LogP contribution < -0.4 is 10.6 Å². The summed E-state index contributed by atoms with van der Waals surface area (Å²) in [6.07, 6.45) is 0. The molecule has 1 aromatic rings. The third-order valence-corrected chi connectivity index (χ3v) is 2.57. The lowest BCUT2D eigenvalue weighted by Crippen LogP contribution is -2.36. The van der Waals surface area contributed by atoms with Crippen LogP contribution >= 0.6 is 0 Å². The first kappa shape index (κ1) is 16.8. The fourth-order valence-corrected chi connectivity index (χ4v) is 1.84. The molecule has 0 bridgehead atoms. The number of hydrogen-bond donors (Lipinski definition) is 1. The monoisotopic (exact) mass is 252 g/mol. The molecule has 2 rings (SSSR count). The highest BCUT2D eigenvalue weighted by Gasteiger charge is 2.12. The molecule has 0 aliphatic carbocycles. The van der Waals surface area contributed by atoms with Gasteiger partial charge in [0.2, 0.25) is 0 Å². The molecule has 1 aliphatic rings. The van der Waals surface area contributed by atoms with Crippen molar-refractivity contribution >= 4 is 11.4 Å². The van der Waals surface area contributed by atoms with Crippen LogP contribution in [0.5, 0.6) is 0 Å². The van der Waals surface area contributed by atoms with E-state index in [-0.39, 0.29) is 0 Å². The van der Waals surface area contributed by atoms with Crippen molar-refractivity contribution in [2.45, 2.75) is 34.6 Å². The first-order valence-corrected chi connectivity index (χ1v) is 6.96. The molecule has 0 atom stereocenters. The molecule has 1 aromatic carbocycles. The summed E-state index contributed by atoms with van der Waals surface area (Å²) in [5.74, 6) is 0. The first-order valence-electron chi connectivity index (χ1n) is 6.96. The number of benzene rings is 1. The van der Waals surface area contributed by atoms with Gasteiger partial charge in [0, 0.05) is 24.5 Å². The lowest BCUT2D eigenvalue weighted by atomic mass is 10.1. The third kappa shape index (κ3) is 4.96. The van der Waals surface area contributed by atoms with Gasteiger partial charge in [-0.15, -0.1) is 0 Å². The first-order chi connectivity index (χ1) is 8.77. The number of morpholine rings is 1. The minimum atomic E-state index is 0.823. The summed E-state index contributed by atoms with van der Waals surface area (Å²) in [5.41, 5.74) is 9.07. The number of aryl methyl sites for hydroxylation is 1. The lowest BCUT2D eigenvalue weighted by molar-refractivity contribution is 0.122. The van der Waals surface area contributed by atoms with Crippen molar-refractivity contribution in [1.82, 2.24) is 0 Å². The molecule has 1 aliphatic heterocycles. The summed E-state index contributed by atoms with van der Waals surface area (Å²) in [6.45, 7) is 13.7. The Morgan fingerprint density at radius 3 is 2.11 bits per heavy atom. The maximum absolute atomic E-state index is 5.71. The average Bonchev–Trinajstić information content (AvgIpc) is 2.44. The van der Waals surface area contributed by atoms with Crippen molar-refractivity contribution in [1.29, 1.82) is 0 Å². The van der Waals surface area contributed by atoms with Gasteiger partial charge in [-0.3, -0.25) is 0 Å². The Balaban J connectivity index is 0.000000659. The summed E-state index contributed by atoms with van der Waals surface area (Å²) in [6, 6.07) is 6.07. The van der Waals surface area contributed by atoms with E-state index in [0.29, 0.717) is 0 Å². The Bertz CT molecular complexity index is 320. The zero-order valence-electron chi connectivity index (χ0n) is 12.5. The minimum absolute atomic E-state index is 0.823. The predicted molar refractivity (Wildman–Crippen MR) is 81.3 cm³/mol. The largest absolute Gasteiger partial charge is 0.399 e. The molecule has 0 aromatic heterocycles. The Morgan fingerprint density at radius 1 is 1.06 bits per heavy atom. The van der Waals surface area contributed by atoms with Gasteiger partial charge in [0.25, 0.3) is 0 Å². The van der Waals surface area contributed by atoms with Crippen molar-refractivity contribution < 1.29 is 4.74 Å². The van der Waals surface area contributed by atoms with Gasteiger partial charge in [0.05, 0.1) is 13.2 Å². The van der Waals surface area contributed by atoms with Crippen LogP contribution in [0.15, 0.2) is 18.2 Å². The predicted octanol–water partition coefficient (Wildman–Crippen LogP) is 3.47.